The van der Waals surface area contributed by atoms with Crippen molar-refractivity contribution in [3.05, 3.63) is 52.8 Å². The Kier molecular flexibility index (Phi) is 6.78. The number of piperidine rings is 1. The second kappa shape index (κ2) is 9.46. The summed E-state index contributed by atoms with van der Waals surface area (Å²) in [6.07, 6.45) is 3.84. The van der Waals surface area contributed by atoms with E-state index < -0.39 is 28.6 Å². The number of nitrogens with zero attached hydrogens (tertiary/aromatic N) is 2. The molecule has 1 aromatic heterocycles. The number of aromatic nitrogens is 1. The van der Waals surface area contributed by atoms with Gasteiger partial charge < -0.3 is 9.30 Å². The summed E-state index contributed by atoms with van der Waals surface area (Å²) in [5.74, 6) is -1.17. The normalized spacial score (nSPS) is 19.1. The largest absolute Gasteiger partial charge is 0.456 e. The van der Waals surface area contributed by atoms with E-state index in [4.69, 9.17) is 4.74 Å². The summed E-state index contributed by atoms with van der Waals surface area (Å²) in [6, 6.07) is 6.95. The van der Waals surface area contributed by atoms with Gasteiger partial charge >= 0.3 is 5.97 Å². The molecule has 2 aliphatic rings. The highest BCUT2D eigenvalue weighted by molar-refractivity contribution is 7.89. The average molecular weight is 487 g/mol. The lowest BCUT2D eigenvalue weighted by atomic mass is 10.1. The lowest BCUT2D eigenvalue weighted by molar-refractivity contribution is -0.148. The molecule has 0 amide bonds. The van der Waals surface area contributed by atoms with Crippen LogP contribution >= 0.6 is 0 Å². The first-order valence-electron chi connectivity index (χ1n) is 11.6. The molecule has 34 heavy (non-hydrogen) atoms. The summed E-state index contributed by atoms with van der Waals surface area (Å²) in [6.45, 7) is 5.03. The molecule has 1 atom stereocenters. The molecule has 1 aromatic carbocycles. The summed E-state index contributed by atoms with van der Waals surface area (Å²) in [5.41, 5.74) is 2.83. The fourth-order valence-corrected chi connectivity index (χ4v) is 6.34. The molecule has 0 bridgehead atoms. The van der Waals surface area contributed by atoms with Crippen LogP contribution in [0.1, 0.15) is 77.2 Å². The van der Waals surface area contributed by atoms with Crippen molar-refractivity contribution >= 4 is 27.6 Å². The molecule has 0 N–H and O–H groups in total. The molecule has 0 spiro atoms. The number of hydrogen-bond acceptors (Lipinski definition) is 6. The highest BCUT2D eigenvalue weighted by Crippen LogP contribution is 2.38. The Bertz CT molecular complexity index is 1220. The number of esters is 1. The van der Waals surface area contributed by atoms with Crippen LogP contribution in [0.15, 0.2) is 35.2 Å². The van der Waals surface area contributed by atoms with Crippen LogP contribution in [0.2, 0.25) is 0 Å². The topological polar surface area (TPSA) is 103 Å². The van der Waals surface area contributed by atoms with Crippen LogP contribution in [0.5, 0.6) is 0 Å². The van der Waals surface area contributed by atoms with E-state index in [1.807, 2.05) is 19.9 Å². The molecule has 1 aliphatic carbocycles. The molecule has 4 rings (SSSR count). The Labute approximate surface area is 199 Å². The summed E-state index contributed by atoms with van der Waals surface area (Å²) >= 11 is 0. The minimum Gasteiger partial charge on any atom is -0.456 e. The van der Waals surface area contributed by atoms with Crippen LogP contribution in [0, 0.1) is 13.8 Å². The molecule has 1 saturated heterocycles. The summed E-state index contributed by atoms with van der Waals surface area (Å²) in [5, 5.41) is 0. The van der Waals surface area contributed by atoms with E-state index >= 15 is 0 Å². The van der Waals surface area contributed by atoms with Gasteiger partial charge in [-0.05, 0) is 71.1 Å². The molecule has 0 radical (unpaired) electrons. The van der Waals surface area contributed by atoms with Crippen molar-refractivity contribution in [1.82, 2.24) is 8.87 Å². The highest BCUT2D eigenvalue weighted by Gasteiger charge is 2.39. The van der Waals surface area contributed by atoms with Gasteiger partial charge in [-0.2, -0.15) is 4.31 Å². The summed E-state index contributed by atoms with van der Waals surface area (Å²) < 4.78 is 35.2. The second-order valence-electron chi connectivity index (χ2n) is 9.12. The number of aryl methyl sites for hydroxylation is 1. The molecule has 2 fully saturated rings. The van der Waals surface area contributed by atoms with Gasteiger partial charge in [0, 0.05) is 35.1 Å². The van der Waals surface area contributed by atoms with Crippen LogP contribution in [0.25, 0.3) is 0 Å². The maximum absolute atomic E-state index is 13.3. The number of Topliss-reactive ketones (excluding diaryl/α,β-unsaturated/α-hetero) is 2. The maximum atomic E-state index is 13.3. The summed E-state index contributed by atoms with van der Waals surface area (Å²) in [7, 11) is -3.97. The van der Waals surface area contributed by atoms with Crippen molar-refractivity contribution in [3.63, 3.8) is 0 Å². The molecule has 1 unspecified atom stereocenters. The SMILES string of the molecule is CC(=O)c1ccc(S(=O)(=O)N2CCCCC2C(=O)OCC(=O)c2cc(C)n(C3CC3)c2C)cc1. The Morgan fingerprint density at radius 1 is 1.03 bits per heavy atom. The third-order valence-corrected chi connectivity index (χ3v) is 8.56. The second-order valence-corrected chi connectivity index (χ2v) is 11.0. The quantitative estimate of drug-likeness (QED) is 0.417. The third kappa shape index (κ3) is 4.72. The number of carbonyl (C=O) groups is 3. The molecule has 1 saturated carbocycles. The zero-order valence-corrected chi connectivity index (χ0v) is 20.6. The molecule has 2 aromatic rings. The predicted octanol–water partition coefficient (Wildman–Crippen LogP) is 3.61. The van der Waals surface area contributed by atoms with Crippen molar-refractivity contribution in [2.24, 2.45) is 0 Å². The third-order valence-electron chi connectivity index (χ3n) is 6.64. The Morgan fingerprint density at radius 3 is 2.32 bits per heavy atom. The van der Waals surface area contributed by atoms with Crippen molar-refractivity contribution in [2.45, 2.75) is 69.9 Å². The van der Waals surface area contributed by atoms with Gasteiger partial charge in [-0.25, -0.2) is 8.42 Å². The number of benzene rings is 1. The minimum atomic E-state index is -3.97. The van der Waals surface area contributed by atoms with E-state index in [1.54, 1.807) is 0 Å². The number of carbonyl (C=O) groups excluding carboxylic acids is 3. The van der Waals surface area contributed by atoms with Gasteiger partial charge in [0.05, 0.1) is 4.90 Å². The van der Waals surface area contributed by atoms with E-state index in [0.29, 0.717) is 36.4 Å². The van der Waals surface area contributed by atoms with Crippen LogP contribution < -0.4 is 0 Å². The zero-order chi connectivity index (χ0) is 24.6. The standard InChI is InChI=1S/C25H30N2O6S/c1-16-14-22(17(2)27(16)20-9-10-20)24(29)15-33-25(30)23-6-4-5-13-26(23)34(31,32)21-11-7-19(8-12-21)18(3)28/h7-8,11-12,14,20,23H,4-6,9-10,13,15H2,1-3H3. The van der Waals surface area contributed by atoms with Gasteiger partial charge in [-0.1, -0.05) is 12.1 Å². The van der Waals surface area contributed by atoms with Crippen molar-refractivity contribution in [2.75, 3.05) is 13.2 Å². The van der Waals surface area contributed by atoms with Crippen molar-refractivity contribution in [3.8, 4) is 0 Å². The number of hydrogen-bond donors (Lipinski definition) is 0. The van der Waals surface area contributed by atoms with Gasteiger partial charge in [0.2, 0.25) is 15.8 Å². The minimum absolute atomic E-state index is 0.0146. The molecular weight excluding hydrogens is 456 g/mol. The van der Waals surface area contributed by atoms with Crippen LogP contribution in [-0.4, -0.2) is 54.0 Å². The number of ketones is 2. The molecule has 8 nitrogen and oxygen atoms in total. The van der Waals surface area contributed by atoms with Gasteiger partial charge in [-0.3, -0.25) is 14.4 Å². The predicted molar refractivity (Wildman–Crippen MR) is 125 cm³/mol. The molecule has 9 heteroatoms. The van der Waals surface area contributed by atoms with Gasteiger partial charge in [0.25, 0.3) is 0 Å². The van der Waals surface area contributed by atoms with E-state index in [2.05, 4.69) is 4.57 Å². The molecule has 2 heterocycles. The molecule has 1 aliphatic heterocycles. The van der Waals surface area contributed by atoms with Crippen molar-refractivity contribution in [1.29, 1.82) is 0 Å². The van der Waals surface area contributed by atoms with Gasteiger partial charge in [0.1, 0.15) is 6.04 Å². The van der Waals surface area contributed by atoms with Crippen molar-refractivity contribution < 1.29 is 27.5 Å². The maximum Gasteiger partial charge on any atom is 0.324 e. The Morgan fingerprint density at radius 2 is 1.71 bits per heavy atom. The number of sulfonamides is 1. The highest BCUT2D eigenvalue weighted by atomic mass is 32.2. The van der Waals surface area contributed by atoms with E-state index in [0.717, 1.165) is 28.5 Å². The first-order chi connectivity index (χ1) is 16.1. The Balaban J connectivity index is 1.46. The number of ether oxygens (including phenoxy) is 1. The fourth-order valence-electron chi connectivity index (χ4n) is 4.69. The van der Waals surface area contributed by atoms with E-state index in [-0.39, 0.29) is 23.0 Å². The summed E-state index contributed by atoms with van der Waals surface area (Å²) in [4.78, 5) is 37.2. The lowest BCUT2D eigenvalue weighted by Gasteiger charge is -2.33. The van der Waals surface area contributed by atoms with Gasteiger partial charge in [-0.15, -0.1) is 0 Å². The smallest absolute Gasteiger partial charge is 0.324 e. The lowest BCUT2D eigenvalue weighted by Crippen LogP contribution is -2.48. The Hall–Kier alpha value is -2.78. The first-order valence-corrected chi connectivity index (χ1v) is 13.1. The van der Waals surface area contributed by atoms with Crippen LogP contribution in [0.3, 0.4) is 0 Å². The monoisotopic (exact) mass is 486 g/mol. The van der Waals surface area contributed by atoms with E-state index in [1.165, 1.54) is 31.2 Å². The first kappa shape index (κ1) is 24.3. The van der Waals surface area contributed by atoms with Crippen LogP contribution in [0.4, 0.5) is 0 Å². The zero-order valence-electron chi connectivity index (χ0n) is 19.7. The van der Waals surface area contributed by atoms with E-state index in [9.17, 15) is 22.8 Å². The van der Waals surface area contributed by atoms with Gasteiger partial charge in [0.15, 0.2) is 12.4 Å². The average Bonchev–Trinajstić information content (AvgIpc) is 3.61. The fraction of sp³-hybridized carbons (Fsp3) is 0.480. The molecular formula is C25H30N2O6S. The van der Waals surface area contributed by atoms with Crippen LogP contribution in [-0.2, 0) is 19.6 Å². The number of rotatable bonds is 8. The molecule has 182 valence electrons.